The van der Waals surface area contributed by atoms with Crippen LogP contribution in [0.5, 0.6) is 0 Å². The molecule has 0 aromatic carbocycles. The molecule has 0 aromatic rings. The Morgan fingerprint density at radius 1 is 1.47 bits per heavy atom. The first kappa shape index (κ1) is 14.1. The summed E-state index contributed by atoms with van der Waals surface area (Å²) >= 11 is 0. The van der Waals surface area contributed by atoms with E-state index in [1.165, 1.54) is 0 Å². The van der Waals surface area contributed by atoms with Crippen LogP contribution < -0.4 is 5.32 Å². The molecule has 0 aliphatic heterocycles. The van der Waals surface area contributed by atoms with Gasteiger partial charge in [0.25, 0.3) is 0 Å². The summed E-state index contributed by atoms with van der Waals surface area (Å²) in [6.07, 6.45) is 2.20. The second-order valence-corrected chi connectivity index (χ2v) is 4.34. The van der Waals surface area contributed by atoms with Crippen LogP contribution >= 0.6 is 0 Å². The van der Waals surface area contributed by atoms with E-state index in [0.717, 1.165) is 0 Å². The van der Waals surface area contributed by atoms with Gasteiger partial charge in [0.05, 0.1) is 0 Å². The quantitative estimate of drug-likeness (QED) is 0.438. The third-order valence-corrected chi connectivity index (χ3v) is 2.18. The Hall–Kier alpha value is -0.870. The normalized spacial score (nSPS) is 12.9. The summed E-state index contributed by atoms with van der Waals surface area (Å²) in [6, 6.07) is 0. The van der Waals surface area contributed by atoms with Gasteiger partial charge in [-0.15, -0.1) is 0 Å². The number of carboxylic acids is 1. The van der Waals surface area contributed by atoms with Crippen LogP contribution in [0.25, 0.3) is 0 Å². The van der Waals surface area contributed by atoms with Crippen molar-refractivity contribution in [2.45, 2.75) is 27.2 Å². The number of hydrogen-bond donors (Lipinski definition) is 3. The lowest BCUT2D eigenvalue weighted by atomic mass is 9.95. The molecule has 4 heteroatoms. The zero-order chi connectivity index (χ0) is 11.9. The number of rotatable bonds is 7. The van der Waals surface area contributed by atoms with Crippen molar-refractivity contribution in [1.82, 2.24) is 5.32 Å². The summed E-state index contributed by atoms with van der Waals surface area (Å²) in [6.45, 7) is 7.01. The highest BCUT2D eigenvalue weighted by atomic mass is 16.4. The average Bonchev–Trinajstić information content (AvgIpc) is 2.17. The largest absolute Gasteiger partial charge is 0.478 e. The Morgan fingerprint density at radius 3 is 2.47 bits per heavy atom. The minimum Gasteiger partial charge on any atom is -0.478 e. The summed E-state index contributed by atoms with van der Waals surface area (Å²) in [7, 11) is 0. The minimum atomic E-state index is -0.860. The highest BCUT2D eigenvalue weighted by molar-refractivity contribution is 5.86. The Balaban J connectivity index is 3.92. The number of carbonyl (C=O) groups is 1. The molecule has 15 heavy (non-hydrogen) atoms. The zero-order valence-corrected chi connectivity index (χ0v) is 9.71. The van der Waals surface area contributed by atoms with Crippen molar-refractivity contribution < 1.29 is 15.0 Å². The molecule has 0 aliphatic rings. The van der Waals surface area contributed by atoms with Gasteiger partial charge >= 0.3 is 5.97 Å². The fourth-order valence-electron chi connectivity index (χ4n) is 1.04. The second kappa shape index (κ2) is 6.58. The molecule has 0 unspecified atom stereocenters. The summed E-state index contributed by atoms with van der Waals surface area (Å²) in [5, 5.41) is 20.8. The molecule has 0 atom stereocenters. The van der Waals surface area contributed by atoms with Crippen LogP contribution in [0.4, 0.5) is 0 Å². The Labute approximate surface area is 91.0 Å². The summed E-state index contributed by atoms with van der Waals surface area (Å²) in [4.78, 5) is 10.6. The Morgan fingerprint density at radius 2 is 2.07 bits per heavy atom. The molecule has 0 heterocycles. The third-order valence-electron chi connectivity index (χ3n) is 2.18. The maximum atomic E-state index is 10.6. The molecule has 0 saturated carbocycles. The van der Waals surface area contributed by atoms with Gasteiger partial charge in [0.1, 0.15) is 0 Å². The Kier molecular flexibility index (Phi) is 6.20. The molecule has 0 amide bonds. The summed E-state index contributed by atoms with van der Waals surface area (Å²) in [5.74, 6) is -0.860. The van der Waals surface area contributed by atoms with Gasteiger partial charge in [-0.05, 0) is 6.42 Å². The van der Waals surface area contributed by atoms with Crippen LogP contribution in [-0.4, -0.2) is 35.9 Å². The predicted octanol–water partition coefficient (Wildman–Crippen LogP) is 1.02. The van der Waals surface area contributed by atoms with Gasteiger partial charge in [-0.3, -0.25) is 0 Å². The highest BCUT2D eigenvalue weighted by Gasteiger charge is 2.14. The van der Waals surface area contributed by atoms with Crippen molar-refractivity contribution in [3.05, 3.63) is 11.6 Å². The molecular weight excluding hydrogens is 194 g/mol. The van der Waals surface area contributed by atoms with Crippen molar-refractivity contribution in [3.63, 3.8) is 0 Å². The molecule has 0 aliphatic carbocycles. The molecule has 0 bridgehead atoms. The van der Waals surface area contributed by atoms with E-state index >= 15 is 0 Å². The van der Waals surface area contributed by atoms with E-state index in [-0.39, 0.29) is 12.0 Å². The van der Waals surface area contributed by atoms with Crippen LogP contribution in [-0.2, 0) is 4.79 Å². The van der Waals surface area contributed by atoms with E-state index in [2.05, 4.69) is 5.32 Å². The molecular formula is C11H21NO3. The van der Waals surface area contributed by atoms with Crippen LogP contribution in [0.2, 0.25) is 0 Å². The third kappa shape index (κ3) is 6.25. The maximum absolute atomic E-state index is 10.6. The van der Waals surface area contributed by atoms with Crippen molar-refractivity contribution in [3.8, 4) is 0 Å². The molecule has 0 rings (SSSR count). The molecule has 0 saturated heterocycles. The zero-order valence-electron chi connectivity index (χ0n) is 9.71. The molecule has 88 valence electrons. The van der Waals surface area contributed by atoms with E-state index in [4.69, 9.17) is 10.2 Å². The standard InChI is InChI=1S/C11H21NO3/c1-4-9(10(14)15)5-6-12-7-11(2,3)8-13/h5,12-13H,4,6-8H2,1-3H3,(H,14,15). The topological polar surface area (TPSA) is 69.6 Å². The molecule has 0 aromatic heterocycles. The second-order valence-electron chi connectivity index (χ2n) is 4.34. The number of aliphatic hydroxyl groups excluding tert-OH is 1. The summed E-state index contributed by atoms with van der Waals surface area (Å²) in [5.41, 5.74) is 0.257. The van der Waals surface area contributed by atoms with E-state index in [1.54, 1.807) is 6.08 Å². The fraction of sp³-hybridized carbons (Fsp3) is 0.727. The molecule has 0 spiro atoms. The van der Waals surface area contributed by atoms with Crippen molar-refractivity contribution in [2.24, 2.45) is 5.41 Å². The number of nitrogens with one attached hydrogen (secondary N) is 1. The SMILES string of the molecule is CCC(=CCNCC(C)(C)CO)C(=O)O. The lowest BCUT2D eigenvalue weighted by Crippen LogP contribution is -2.32. The first-order chi connectivity index (χ1) is 6.93. The monoisotopic (exact) mass is 215 g/mol. The van der Waals surface area contributed by atoms with Gasteiger partial charge in [0.15, 0.2) is 0 Å². The van der Waals surface area contributed by atoms with E-state index < -0.39 is 5.97 Å². The minimum absolute atomic E-state index is 0.114. The van der Waals surface area contributed by atoms with Crippen molar-refractivity contribution >= 4 is 5.97 Å². The van der Waals surface area contributed by atoms with Gasteiger partial charge in [-0.2, -0.15) is 0 Å². The van der Waals surface area contributed by atoms with Gasteiger partial charge in [0, 0.05) is 30.7 Å². The van der Waals surface area contributed by atoms with E-state index in [1.807, 2.05) is 20.8 Å². The van der Waals surface area contributed by atoms with Gasteiger partial charge in [-0.25, -0.2) is 4.79 Å². The predicted molar refractivity (Wildman–Crippen MR) is 59.7 cm³/mol. The average molecular weight is 215 g/mol. The number of carboxylic acid groups (broad SMARTS) is 1. The number of aliphatic carboxylic acids is 1. The maximum Gasteiger partial charge on any atom is 0.331 e. The number of aliphatic hydroxyl groups is 1. The van der Waals surface area contributed by atoms with Crippen LogP contribution in [0.15, 0.2) is 11.6 Å². The number of hydrogen-bond acceptors (Lipinski definition) is 3. The lowest BCUT2D eigenvalue weighted by Gasteiger charge is -2.21. The Bertz CT molecular complexity index is 234. The molecule has 3 N–H and O–H groups in total. The first-order valence-corrected chi connectivity index (χ1v) is 5.17. The summed E-state index contributed by atoms with van der Waals surface area (Å²) < 4.78 is 0. The van der Waals surface area contributed by atoms with Crippen LogP contribution in [0.1, 0.15) is 27.2 Å². The van der Waals surface area contributed by atoms with Crippen molar-refractivity contribution in [1.29, 1.82) is 0 Å². The molecule has 4 nitrogen and oxygen atoms in total. The first-order valence-electron chi connectivity index (χ1n) is 5.17. The fourth-order valence-corrected chi connectivity index (χ4v) is 1.04. The van der Waals surface area contributed by atoms with Gasteiger partial charge in [-0.1, -0.05) is 26.8 Å². The molecule has 0 radical (unpaired) electrons. The van der Waals surface area contributed by atoms with E-state index in [0.29, 0.717) is 25.1 Å². The smallest absolute Gasteiger partial charge is 0.331 e. The van der Waals surface area contributed by atoms with Gasteiger partial charge in [0.2, 0.25) is 0 Å². The van der Waals surface area contributed by atoms with E-state index in [9.17, 15) is 4.79 Å². The van der Waals surface area contributed by atoms with Crippen LogP contribution in [0, 0.1) is 5.41 Å². The van der Waals surface area contributed by atoms with Crippen molar-refractivity contribution in [2.75, 3.05) is 19.7 Å². The van der Waals surface area contributed by atoms with Gasteiger partial charge < -0.3 is 15.5 Å². The molecule has 0 fully saturated rings. The highest BCUT2D eigenvalue weighted by Crippen LogP contribution is 2.10. The lowest BCUT2D eigenvalue weighted by molar-refractivity contribution is -0.132. The van der Waals surface area contributed by atoms with Crippen LogP contribution in [0.3, 0.4) is 0 Å².